The van der Waals surface area contributed by atoms with Crippen molar-refractivity contribution in [2.45, 2.75) is 372 Å². The summed E-state index contributed by atoms with van der Waals surface area (Å²) >= 11 is 0. The number of carboxylic acid groups (broad SMARTS) is 1. The van der Waals surface area contributed by atoms with Gasteiger partial charge in [0, 0.05) is 6.92 Å². The number of phosphoric acid groups is 2. The summed E-state index contributed by atoms with van der Waals surface area (Å²) in [7, 11) is -11.3. The van der Waals surface area contributed by atoms with E-state index in [-0.39, 0.29) is 0 Å². The lowest BCUT2D eigenvalue weighted by Gasteiger charge is -2.49. The summed E-state index contributed by atoms with van der Waals surface area (Å²) in [6.07, 6.45) is -9.41. The van der Waals surface area contributed by atoms with Crippen molar-refractivity contribution in [2.24, 2.45) is 0 Å². The van der Waals surface area contributed by atoms with Crippen LogP contribution >= 0.6 is 15.6 Å². The van der Waals surface area contributed by atoms with Crippen molar-refractivity contribution in [1.82, 2.24) is 0 Å². The third-order valence-electron chi connectivity index (χ3n) is 22.2. The van der Waals surface area contributed by atoms with Crippen LogP contribution in [0.25, 0.3) is 0 Å². The van der Waals surface area contributed by atoms with Crippen LogP contribution in [0.2, 0.25) is 0 Å². The van der Waals surface area contributed by atoms with Crippen LogP contribution in [0, 0.1) is 0 Å². The number of rotatable bonds is 51. The summed E-state index contributed by atoms with van der Waals surface area (Å²) in [5.41, 5.74) is 14.4. The molecule has 36 heteroatoms. The van der Waals surface area contributed by atoms with Gasteiger partial charge in [0.2, 0.25) is 0 Å². The van der Waals surface area contributed by atoms with Crippen molar-refractivity contribution >= 4 is 27.6 Å². The molecule has 5 fully saturated rings. The van der Waals surface area contributed by atoms with Crippen molar-refractivity contribution in [1.29, 1.82) is 0 Å². The van der Waals surface area contributed by atoms with E-state index in [4.69, 9.17) is 56.4 Å². The number of aliphatic hydroxyl groups is 14. The van der Waals surface area contributed by atoms with E-state index in [0.717, 1.165) is 128 Å². The summed E-state index contributed by atoms with van der Waals surface area (Å²) in [6, 6.07) is 0. The standard InChI is InChI=1S/C87H142O34P2/c1-14-50(2)25-15-26-51(3)27-16-28-52(4)29-17-30-53(5)31-18-32-54(6)33-19-34-55(7)35-20-36-56(8)37-21-38-57(9)39-22-40-58(10)41-23-42-59(11)43-24-44-60(12)48-110-122(105,106)121-123(107,108)120-86-75(101)71(97)77(64(47-90)113-86)115-85-76(102)78(68(94)63(46-89)112-85)116-87-80(70(96)67(93)65(114-87)49-109-61(13)91)118-84-74(100)72(98)79(81(119-84)82(103)104)117-83-73(99)69(95)66(92)62(45-88)111-83/h14,26,28,30,32,34,36,38,40,42,44,62-81,83-90,92-102H,15-25,27,29,31,33,35,37,39,41,43,45-49H2,1-13H3,(H,103,104)(H,105,106)(H,107,108)/b50-14-,51-26-,52-28-,53-30-,54-32-,55-34-,56-36-,57-38-,58-40+,59-42+,60-44+/t62-,63-,64-,65-,66-,67-,68-,69+,70+,71-,72-,73+,74-,75-,76-,77-,78+,79+,80+,81+,83+,84-,85+,86-,87-/m1/s1. The van der Waals surface area contributed by atoms with E-state index in [0.29, 0.717) is 18.4 Å². The molecule has 5 rings (SSSR count). The van der Waals surface area contributed by atoms with Crippen LogP contribution < -0.4 is 0 Å². The second-order valence-electron chi connectivity index (χ2n) is 33.0. The van der Waals surface area contributed by atoms with Crippen LogP contribution in [0.15, 0.2) is 128 Å². The van der Waals surface area contributed by atoms with E-state index in [1.165, 1.54) is 50.2 Å². The molecule has 0 aromatic carbocycles. The number of phosphoric ester groups is 2. The minimum absolute atomic E-state index is 0.445. The maximum Gasteiger partial charge on any atom is 0.483 e. The Morgan fingerprint density at radius 1 is 0.325 bits per heavy atom. The molecule has 0 saturated carbocycles. The van der Waals surface area contributed by atoms with E-state index >= 15 is 0 Å². The Kier molecular flexibility index (Phi) is 48.5. The lowest BCUT2D eigenvalue weighted by atomic mass is 9.95. The molecule has 0 aromatic rings. The lowest BCUT2D eigenvalue weighted by molar-refractivity contribution is -0.398. The number of esters is 1. The number of aliphatic hydroxyl groups excluding tert-OH is 14. The van der Waals surface area contributed by atoms with Gasteiger partial charge >= 0.3 is 27.6 Å². The molecule has 27 atom stereocenters. The third kappa shape index (κ3) is 37.1. The second kappa shape index (κ2) is 54.8. The van der Waals surface area contributed by atoms with Crippen LogP contribution in [-0.2, 0) is 79.4 Å². The molecular weight excluding hydrogens is 1650 g/mol. The lowest BCUT2D eigenvalue weighted by Crippen LogP contribution is -2.68. The van der Waals surface area contributed by atoms with E-state index in [1.54, 1.807) is 13.0 Å². The van der Waals surface area contributed by atoms with Crippen molar-refractivity contribution in [3.63, 3.8) is 0 Å². The number of carbonyl (C=O) groups is 2. The molecule has 34 nitrogen and oxygen atoms in total. The number of carboxylic acids is 1. The van der Waals surface area contributed by atoms with Gasteiger partial charge in [-0.1, -0.05) is 128 Å². The van der Waals surface area contributed by atoms with E-state index < -0.39 is 214 Å². The topological polar surface area (TPSA) is 532 Å². The molecule has 5 saturated heterocycles. The van der Waals surface area contributed by atoms with E-state index in [1.807, 2.05) is 6.92 Å². The molecule has 2 unspecified atom stereocenters. The first-order valence-corrected chi connectivity index (χ1v) is 45.5. The predicted molar refractivity (Wildman–Crippen MR) is 452 cm³/mol. The first-order valence-electron chi connectivity index (χ1n) is 42.5. The summed E-state index contributed by atoms with van der Waals surface area (Å²) in [5, 5.41) is 163. The smallest absolute Gasteiger partial charge is 0.479 e. The van der Waals surface area contributed by atoms with Crippen LogP contribution in [0.3, 0.4) is 0 Å². The van der Waals surface area contributed by atoms with Crippen LogP contribution in [0.5, 0.6) is 0 Å². The van der Waals surface area contributed by atoms with Crippen molar-refractivity contribution in [2.75, 3.05) is 33.0 Å². The zero-order chi connectivity index (χ0) is 91.6. The highest BCUT2D eigenvalue weighted by Crippen LogP contribution is 2.61. The molecular formula is C87H142O34P2. The molecule has 0 aliphatic carbocycles. The maximum atomic E-state index is 13.3. The molecule has 5 aliphatic rings. The second-order valence-corrected chi connectivity index (χ2v) is 36.0. The number of ether oxygens (including phenoxy) is 10. The van der Waals surface area contributed by atoms with Crippen LogP contribution in [-0.4, -0.2) is 285 Å². The van der Waals surface area contributed by atoms with Gasteiger partial charge in [-0.25, -0.2) is 13.9 Å². The van der Waals surface area contributed by atoms with Gasteiger partial charge in [-0.05, 0) is 212 Å². The molecule has 17 N–H and O–H groups in total. The maximum absolute atomic E-state index is 13.3. The fourth-order valence-corrected chi connectivity index (χ4v) is 16.5. The van der Waals surface area contributed by atoms with Crippen molar-refractivity contribution < 1.29 is 166 Å². The summed E-state index contributed by atoms with van der Waals surface area (Å²) in [4.78, 5) is 45.7. The van der Waals surface area contributed by atoms with Gasteiger partial charge in [-0.2, -0.15) is 4.31 Å². The van der Waals surface area contributed by atoms with Gasteiger partial charge in [0.05, 0.1) is 26.4 Å². The molecule has 0 radical (unpaired) electrons. The SMILES string of the molecule is C/C=C(/C)CC/C=C(/C)CC/C=C(/C)CC/C=C(/C)CC/C=C(/C)CC/C=C(/C)CC/C=C(/C)CC/C=C(/C)CC/C=C(\C)CC/C=C(\C)CC/C=C(\C)COP(=O)(O)OP(=O)(O)O[C@H]1O[C@H](CO)[C@@H](O[C@@H]2O[C@H](CO)[C@@H](O)[C@H](O[C@H]3O[C@H](COC(C)=O)[C@@H](O)[C@H](O)[C@@H]3O[C@@H]3O[C@H](C(=O)O)[C@@H](O[C@@H]4O[C@H](CO)[C@@H](O)[C@H](O)[C@@H]4O)[C@H](O)[C@H]3O)[C@H]2O)[C@H](O)[C@H]1O. The molecule has 5 aliphatic heterocycles. The number of hydrogen-bond donors (Lipinski definition) is 17. The highest BCUT2D eigenvalue weighted by atomic mass is 31.3. The molecule has 0 bridgehead atoms. The Balaban J connectivity index is 1.03. The average molecular weight is 1790 g/mol. The molecule has 5 heterocycles. The van der Waals surface area contributed by atoms with E-state index in [9.17, 15) is 105 Å². The quantitative estimate of drug-likeness (QED) is 0.0155. The first-order chi connectivity index (χ1) is 58.0. The highest BCUT2D eigenvalue weighted by Gasteiger charge is 2.59. The summed E-state index contributed by atoms with van der Waals surface area (Å²) in [5.74, 6) is -2.87. The highest BCUT2D eigenvalue weighted by molar-refractivity contribution is 7.61. The van der Waals surface area contributed by atoms with Gasteiger partial charge in [0.25, 0.3) is 0 Å². The van der Waals surface area contributed by atoms with Gasteiger partial charge < -0.3 is 134 Å². The van der Waals surface area contributed by atoms with Gasteiger partial charge in [-0.3, -0.25) is 13.8 Å². The summed E-state index contributed by atoms with van der Waals surface area (Å²) in [6.45, 7) is 22.0. The minimum Gasteiger partial charge on any atom is -0.479 e. The molecule has 704 valence electrons. The number of allylic oxidation sites excluding steroid dienone is 21. The minimum atomic E-state index is -5.83. The van der Waals surface area contributed by atoms with Crippen molar-refractivity contribution in [3.8, 4) is 0 Å². The monoisotopic (exact) mass is 1790 g/mol. The Morgan fingerprint density at radius 2 is 0.634 bits per heavy atom. The Morgan fingerprint density at radius 3 is 1.03 bits per heavy atom. The van der Waals surface area contributed by atoms with Gasteiger partial charge in [0.15, 0.2) is 37.6 Å². The Bertz CT molecular complexity index is 3690. The Labute approximate surface area is 723 Å². The number of hydrogen-bond acceptors (Lipinski definition) is 31. The number of aliphatic carboxylic acids is 1. The zero-order valence-corrected chi connectivity index (χ0v) is 75.2. The van der Waals surface area contributed by atoms with Gasteiger partial charge in [0.1, 0.15) is 123 Å². The number of carbonyl (C=O) groups excluding carboxylic acids is 1. The zero-order valence-electron chi connectivity index (χ0n) is 73.4. The van der Waals surface area contributed by atoms with Gasteiger partial charge in [-0.15, -0.1) is 0 Å². The molecule has 123 heavy (non-hydrogen) atoms. The molecule has 0 amide bonds. The van der Waals surface area contributed by atoms with Crippen LogP contribution in [0.4, 0.5) is 0 Å². The Hall–Kier alpha value is -4.58. The first kappa shape index (κ1) is 109. The normalized spacial score (nSPS) is 33.4. The largest absolute Gasteiger partial charge is 0.483 e. The molecule has 0 aromatic heterocycles. The fraction of sp³-hybridized carbons (Fsp3) is 0.724. The summed E-state index contributed by atoms with van der Waals surface area (Å²) < 4.78 is 96.0. The average Bonchev–Trinajstić information content (AvgIpc) is 0.756. The fourth-order valence-electron chi connectivity index (χ4n) is 14.3. The van der Waals surface area contributed by atoms with E-state index in [2.05, 4.69) is 134 Å². The predicted octanol–water partition coefficient (Wildman–Crippen LogP) is 8.23. The third-order valence-corrected chi connectivity index (χ3v) is 24.8. The van der Waals surface area contributed by atoms with Crippen molar-refractivity contribution in [3.05, 3.63) is 128 Å². The molecule has 0 spiro atoms. The van der Waals surface area contributed by atoms with Crippen LogP contribution in [0.1, 0.15) is 218 Å².